The van der Waals surface area contributed by atoms with Crippen molar-refractivity contribution in [2.75, 3.05) is 13.7 Å². The molecule has 5 heteroatoms. The summed E-state index contributed by atoms with van der Waals surface area (Å²) < 4.78 is 9.50. The standard InChI is InChI=1S/C9H15NO4/c1-6-9(2,3)5-10(7(11)13-4)8(12)14-6/h6H,5H2,1-4H3. The van der Waals surface area contributed by atoms with Gasteiger partial charge in [0.2, 0.25) is 0 Å². The Morgan fingerprint density at radius 1 is 1.64 bits per heavy atom. The number of nitrogens with zero attached hydrogens (tertiary/aromatic N) is 1. The first-order valence-corrected chi connectivity index (χ1v) is 4.44. The molecule has 1 atom stereocenters. The molecule has 1 rings (SSSR count). The fourth-order valence-corrected chi connectivity index (χ4v) is 1.22. The Balaban J connectivity index is 2.80. The number of cyclic esters (lactones) is 1. The first kappa shape index (κ1) is 10.8. The summed E-state index contributed by atoms with van der Waals surface area (Å²) >= 11 is 0. The van der Waals surface area contributed by atoms with Crippen LogP contribution in [-0.4, -0.2) is 36.8 Å². The van der Waals surface area contributed by atoms with Crippen molar-refractivity contribution in [3.63, 3.8) is 0 Å². The van der Waals surface area contributed by atoms with E-state index in [1.165, 1.54) is 7.11 Å². The summed E-state index contributed by atoms with van der Waals surface area (Å²) in [6.45, 7) is 5.99. The SMILES string of the molecule is COC(=O)N1CC(C)(C)C(C)OC1=O. The zero-order chi connectivity index (χ0) is 10.9. The second-order valence-electron chi connectivity index (χ2n) is 4.07. The predicted molar refractivity (Wildman–Crippen MR) is 48.8 cm³/mol. The molecule has 0 spiro atoms. The third-order valence-corrected chi connectivity index (χ3v) is 2.56. The van der Waals surface area contributed by atoms with Crippen LogP contribution in [0.5, 0.6) is 0 Å². The Morgan fingerprint density at radius 2 is 2.21 bits per heavy atom. The van der Waals surface area contributed by atoms with Crippen molar-refractivity contribution >= 4 is 12.2 Å². The van der Waals surface area contributed by atoms with Crippen molar-refractivity contribution in [1.82, 2.24) is 4.90 Å². The minimum Gasteiger partial charge on any atom is -0.452 e. The Bertz CT molecular complexity index is 262. The van der Waals surface area contributed by atoms with E-state index in [9.17, 15) is 9.59 Å². The normalized spacial score (nSPS) is 25.6. The monoisotopic (exact) mass is 201 g/mol. The lowest BCUT2D eigenvalue weighted by Gasteiger charge is -2.40. The van der Waals surface area contributed by atoms with E-state index in [1.807, 2.05) is 20.8 Å². The molecule has 1 aliphatic rings. The molecular weight excluding hydrogens is 186 g/mol. The van der Waals surface area contributed by atoms with Gasteiger partial charge in [-0.2, -0.15) is 0 Å². The van der Waals surface area contributed by atoms with E-state index < -0.39 is 12.2 Å². The minimum absolute atomic E-state index is 0.198. The van der Waals surface area contributed by atoms with Gasteiger partial charge in [0.25, 0.3) is 0 Å². The summed E-state index contributed by atoms with van der Waals surface area (Å²) in [6, 6.07) is 0. The topological polar surface area (TPSA) is 55.8 Å². The molecule has 0 aromatic rings. The van der Waals surface area contributed by atoms with Gasteiger partial charge in [0.05, 0.1) is 7.11 Å². The number of imide groups is 1. The van der Waals surface area contributed by atoms with Crippen LogP contribution in [0.3, 0.4) is 0 Å². The number of methoxy groups -OCH3 is 1. The van der Waals surface area contributed by atoms with E-state index in [4.69, 9.17) is 4.74 Å². The Morgan fingerprint density at radius 3 is 2.71 bits per heavy atom. The van der Waals surface area contributed by atoms with Gasteiger partial charge in [-0.25, -0.2) is 14.5 Å². The Kier molecular flexibility index (Phi) is 2.69. The van der Waals surface area contributed by atoms with Crippen LogP contribution >= 0.6 is 0 Å². The molecule has 1 aliphatic heterocycles. The van der Waals surface area contributed by atoms with E-state index >= 15 is 0 Å². The predicted octanol–water partition coefficient (Wildman–Crippen LogP) is 1.62. The lowest BCUT2D eigenvalue weighted by molar-refractivity contribution is -0.0364. The number of hydrogen-bond donors (Lipinski definition) is 0. The van der Waals surface area contributed by atoms with Crippen LogP contribution in [-0.2, 0) is 9.47 Å². The lowest BCUT2D eigenvalue weighted by Crippen LogP contribution is -2.53. The number of ether oxygens (including phenoxy) is 2. The average Bonchev–Trinajstić information content (AvgIpc) is 2.10. The molecule has 1 saturated heterocycles. The lowest BCUT2D eigenvalue weighted by atomic mass is 9.86. The molecule has 14 heavy (non-hydrogen) atoms. The van der Waals surface area contributed by atoms with Crippen LogP contribution in [0.4, 0.5) is 9.59 Å². The third-order valence-electron chi connectivity index (χ3n) is 2.56. The molecule has 2 amide bonds. The summed E-state index contributed by atoms with van der Waals surface area (Å²) in [5.41, 5.74) is -0.248. The molecule has 1 unspecified atom stereocenters. The van der Waals surface area contributed by atoms with E-state index in [2.05, 4.69) is 4.74 Å². The van der Waals surface area contributed by atoms with Crippen LogP contribution in [0, 0.1) is 5.41 Å². The van der Waals surface area contributed by atoms with Crippen LogP contribution in [0.25, 0.3) is 0 Å². The van der Waals surface area contributed by atoms with Gasteiger partial charge in [0.1, 0.15) is 6.10 Å². The third kappa shape index (κ3) is 1.81. The van der Waals surface area contributed by atoms with Crippen LogP contribution in [0.2, 0.25) is 0 Å². The summed E-state index contributed by atoms with van der Waals surface area (Å²) in [6.07, 6.45) is -1.51. The molecule has 0 aromatic carbocycles. The zero-order valence-corrected chi connectivity index (χ0v) is 8.86. The number of amides is 2. The fraction of sp³-hybridized carbons (Fsp3) is 0.778. The van der Waals surface area contributed by atoms with Crippen molar-refractivity contribution in [2.24, 2.45) is 5.41 Å². The largest absolute Gasteiger partial charge is 0.452 e. The highest BCUT2D eigenvalue weighted by atomic mass is 16.6. The number of rotatable bonds is 0. The van der Waals surface area contributed by atoms with E-state index in [0.717, 1.165) is 4.90 Å². The highest BCUT2D eigenvalue weighted by molar-refractivity contribution is 5.88. The van der Waals surface area contributed by atoms with Crippen molar-refractivity contribution in [1.29, 1.82) is 0 Å². The van der Waals surface area contributed by atoms with Crippen molar-refractivity contribution < 1.29 is 19.1 Å². The van der Waals surface area contributed by atoms with Gasteiger partial charge < -0.3 is 9.47 Å². The molecule has 1 fully saturated rings. The van der Waals surface area contributed by atoms with Gasteiger partial charge in [0.15, 0.2) is 0 Å². The second kappa shape index (κ2) is 3.48. The maximum absolute atomic E-state index is 11.3. The molecule has 0 bridgehead atoms. The molecule has 0 aliphatic carbocycles. The fourth-order valence-electron chi connectivity index (χ4n) is 1.22. The van der Waals surface area contributed by atoms with Crippen LogP contribution in [0.1, 0.15) is 20.8 Å². The molecule has 80 valence electrons. The van der Waals surface area contributed by atoms with Gasteiger partial charge >= 0.3 is 12.2 Å². The summed E-state index contributed by atoms with van der Waals surface area (Å²) in [7, 11) is 1.24. The maximum Gasteiger partial charge on any atom is 0.419 e. The summed E-state index contributed by atoms with van der Waals surface area (Å²) in [5, 5.41) is 0. The number of carbonyl (C=O) groups excluding carboxylic acids is 2. The molecule has 1 heterocycles. The highest BCUT2D eigenvalue weighted by Gasteiger charge is 2.42. The quantitative estimate of drug-likeness (QED) is 0.597. The molecule has 0 N–H and O–H groups in total. The van der Waals surface area contributed by atoms with Gasteiger partial charge in [-0.3, -0.25) is 0 Å². The maximum atomic E-state index is 11.3. The average molecular weight is 201 g/mol. The van der Waals surface area contributed by atoms with Crippen molar-refractivity contribution in [3.05, 3.63) is 0 Å². The van der Waals surface area contributed by atoms with Crippen molar-refractivity contribution in [3.8, 4) is 0 Å². The minimum atomic E-state index is -0.671. The van der Waals surface area contributed by atoms with Crippen molar-refractivity contribution in [2.45, 2.75) is 26.9 Å². The Hall–Kier alpha value is -1.26. The van der Waals surface area contributed by atoms with Gasteiger partial charge in [-0.05, 0) is 6.92 Å². The molecule has 5 nitrogen and oxygen atoms in total. The van der Waals surface area contributed by atoms with Crippen LogP contribution < -0.4 is 0 Å². The zero-order valence-electron chi connectivity index (χ0n) is 8.86. The van der Waals surface area contributed by atoms with E-state index in [0.29, 0.717) is 6.54 Å². The van der Waals surface area contributed by atoms with Gasteiger partial charge in [0, 0.05) is 12.0 Å². The van der Waals surface area contributed by atoms with E-state index in [-0.39, 0.29) is 11.5 Å². The summed E-state index contributed by atoms with van der Waals surface area (Å²) in [5.74, 6) is 0. The molecule has 0 radical (unpaired) electrons. The first-order chi connectivity index (χ1) is 6.38. The molecule has 0 aromatic heterocycles. The second-order valence-corrected chi connectivity index (χ2v) is 4.07. The van der Waals surface area contributed by atoms with E-state index in [1.54, 1.807) is 0 Å². The number of hydrogen-bond acceptors (Lipinski definition) is 4. The molecular formula is C9H15NO4. The summed E-state index contributed by atoms with van der Waals surface area (Å²) in [4.78, 5) is 23.4. The van der Waals surface area contributed by atoms with Gasteiger partial charge in [-0.1, -0.05) is 13.8 Å². The Labute approximate surface area is 83.0 Å². The first-order valence-electron chi connectivity index (χ1n) is 4.44. The highest BCUT2D eigenvalue weighted by Crippen LogP contribution is 2.29. The van der Waals surface area contributed by atoms with Crippen LogP contribution in [0.15, 0.2) is 0 Å². The molecule has 0 saturated carbocycles. The number of carbonyl (C=O) groups is 2. The van der Waals surface area contributed by atoms with Gasteiger partial charge in [-0.15, -0.1) is 0 Å². The smallest absolute Gasteiger partial charge is 0.419 e.